The highest BCUT2D eigenvalue weighted by Gasteiger charge is 2.27. The summed E-state index contributed by atoms with van der Waals surface area (Å²) < 4.78 is 17.6. The van der Waals surface area contributed by atoms with Crippen LogP contribution in [0.25, 0.3) is 11.3 Å². The second-order valence-corrected chi connectivity index (χ2v) is 6.82. The van der Waals surface area contributed by atoms with Gasteiger partial charge >= 0.3 is 0 Å². The van der Waals surface area contributed by atoms with Crippen molar-refractivity contribution in [2.24, 2.45) is 0 Å². The maximum Gasteiger partial charge on any atom is 0.257 e. The Balaban J connectivity index is 1.70. The minimum absolute atomic E-state index is 0.00672. The third-order valence-corrected chi connectivity index (χ3v) is 5.04. The summed E-state index contributed by atoms with van der Waals surface area (Å²) in [7, 11) is 0. The van der Waals surface area contributed by atoms with E-state index in [1.807, 2.05) is 18.2 Å². The van der Waals surface area contributed by atoms with Gasteiger partial charge < -0.3 is 0 Å². The van der Waals surface area contributed by atoms with Gasteiger partial charge in [-0.25, -0.2) is 13.5 Å². The molecule has 0 atom stereocenters. The summed E-state index contributed by atoms with van der Waals surface area (Å²) >= 11 is 0. The van der Waals surface area contributed by atoms with Crippen LogP contribution >= 0.6 is 0 Å². The number of carbonyl (C=O) groups is 1. The molecule has 2 aromatic carbocycles. The molecule has 26 heavy (non-hydrogen) atoms. The largest absolute Gasteiger partial charge is 0.290 e. The molecule has 3 nitrogen and oxygen atoms in total. The van der Waals surface area contributed by atoms with Gasteiger partial charge in [0.05, 0.1) is 6.54 Å². The zero-order valence-electron chi connectivity index (χ0n) is 14.7. The Morgan fingerprint density at radius 3 is 2.54 bits per heavy atom. The molecule has 0 amide bonds. The first-order valence-corrected chi connectivity index (χ1v) is 9.18. The van der Waals surface area contributed by atoms with Crippen LogP contribution in [0.1, 0.15) is 35.4 Å². The van der Waals surface area contributed by atoms with Gasteiger partial charge in [0.1, 0.15) is 12.0 Å². The Bertz CT molecular complexity index is 913. The lowest BCUT2D eigenvalue weighted by molar-refractivity contribution is -0.690. The highest BCUT2D eigenvalue weighted by Crippen LogP contribution is 2.24. The van der Waals surface area contributed by atoms with Gasteiger partial charge in [0, 0.05) is 17.5 Å². The Hall–Kier alpha value is -2.75. The van der Waals surface area contributed by atoms with Gasteiger partial charge in [0.15, 0.2) is 12.2 Å². The van der Waals surface area contributed by atoms with Crippen LogP contribution in [0.5, 0.6) is 0 Å². The molecule has 0 saturated heterocycles. The molecule has 3 aromatic rings. The molecule has 1 aliphatic rings. The van der Waals surface area contributed by atoms with Crippen molar-refractivity contribution in [2.45, 2.75) is 38.8 Å². The molecule has 1 aromatic heterocycles. The van der Waals surface area contributed by atoms with Crippen LogP contribution < -0.4 is 4.57 Å². The summed E-state index contributed by atoms with van der Waals surface area (Å²) in [6.07, 6.45) is 6.58. The Labute approximate surface area is 152 Å². The van der Waals surface area contributed by atoms with Crippen LogP contribution in [0.15, 0.2) is 60.8 Å². The molecule has 0 radical (unpaired) electrons. The number of hydrogen-bond donors (Lipinski definition) is 0. The molecule has 0 saturated carbocycles. The Morgan fingerprint density at radius 1 is 1.00 bits per heavy atom. The van der Waals surface area contributed by atoms with Crippen molar-refractivity contribution in [1.82, 2.24) is 4.57 Å². The summed E-state index contributed by atoms with van der Waals surface area (Å²) in [6.45, 7) is 1.27. The third kappa shape index (κ3) is 3.32. The number of fused-ring (bicyclic) bond motifs is 1. The molecule has 4 heteroatoms. The lowest BCUT2D eigenvalue weighted by atomic mass is 10.1. The number of halogens is 1. The first-order chi connectivity index (χ1) is 12.7. The van der Waals surface area contributed by atoms with E-state index in [1.54, 1.807) is 12.1 Å². The van der Waals surface area contributed by atoms with Crippen molar-refractivity contribution in [1.29, 1.82) is 0 Å². The molecule has 0 N–H and O–H groups in total. The smallest absolute Gasteiger partial charge is 0.257 e. The normalized spacial score (nSPS) is 13.9. The van der Waals surface area contributed by atoms with Crippen molar-refractivity contribution in [3.05, 3.63) is 78.0 Å². The van der Waals surface area contributed by atoms with Crippen LogP contribution in [-0.4, -0.2) is 10.4 Å². The van der Waals surface area contributed by atoms with Gasteiger partial charge in [-0.15, -0.1) is 0 Å². The molecule has 0 unspecified atom stereocenters. The van der Waals surface area contributed by atoms with Crippen LogP contribution in [0.3, 0.4) is 0 Å². The average molecular weight is 349 g/mol. The standard InChI is InChI=1S/C22H22FN2O/c23-19-12-10-18(11-13-19)21(26)16-24-15-20(17-7-3-1-4-8-17)25-14-6-2-5-9-22(24)25/h1,3-4,7-8,10-13,15H,2,5-6,9,14,16H2/q+1. The fourth-order valence-corrected chi connectivity index (χ4v) is 3.70. The molecule has 0 aliphatic carbocycles. The van der Waals surface area contributed by atoms with Gasteiger partial charge in [0.25, 0.3) is 5.82 Å². The van der Waals surface area contributed by atoms with Gasteiger partial charge in [-0.1, -0.05) is 30.3 Å². The quantitative estimate of drug-likeness (QED) is 0.512. The minimum Gasteiger partial charge on any atom is -0.290 e. The highest BCUT2D eigenvalue weighted by atomic mass is 19.1. The minimum atomic E-state index is -0.321. The lowest BCUT2D eigenvalue weighted by Gasteiger charge is -2.03. The summed E-state index contributed by atoms with van der Waals surface area (Å²) in [5, 5.41) is 0. The molecule has 0 fully saturated rings. The first kappa shape index (κ1) is 16.7. The summed E-state index contributed by atoms with van der Waals surface area (Å²) in [6, 6.07) is 16.1. The molecule has 4 rings (SSSR count). The van der Waals surface area contributed by atoms with E-state index in [1.165, 1.54) is 29.9 Å². The van der Waals surface area contributed by atoms with Gasteiger partial charge in [-0.3, -0.25) is 4.79 Å². The predicted octanol–water partition coefficient (Wildman–Crippen LogP) is 4.19. The second-order valence-electron chi connectivity index (χ2n) is 6.82. The lowest BCUT2D eigenvalue weighted by Crippen LogP contribution is -2.40. The van der Waals surface area contributed by atoms with Gasteiger partial charge in [-0.2, -0.15) is 0 Å². The Morgan fingerprint density at radius 2 is 1.77 bits per heavy atom. The number of ketones is 1. The van der Waals surface area contributed by atoms with Gasteiger partial charge in [0.2, 0.25) is 5.78 Å². The average Bonchev–Trinajstić information content (AvgIpc) is 2.84. The highest BCUT2D eigenvalue weighted by molar-refractivity contribution is 5.95. The van der Waals surface area contributed by atoms with Crippen LogP contribution in [0.2, 0.25) is 0 Å². The van der Waals surface area contributed by atoms with E-state index >= 15 is 0 Å². The van der Waals surface area contributed by atoms with Gasteiger partial charge in [-0.05, 0) is 43.5 Å². The molecular weight excluding hydrogens is 327 g/mol. The van der Waals surface area contributed by atoms with Crippen molar-refractivity contribution in [3.63, 3.8) is 0 Å². The monoisotopic (exact) mass is 349 g/mol. The van der Waals surface area contributed by atoms with E-state index in [-0.39, 0.29) is 18.1 Å². The predicted molar refractivity (Wildman–Crippen MR) is 98.3 cm³/mol. The van der Waals surface area contributed by atoms with E-state index in [4.69, 9.17) is 0 Å². The number of hydrogen-bond acceptors (Lipinski definition) is 1. The fraction of sp³-hybridized carbons (Fsp3) is 0.273. The third-order valence-electron chi connectivity index (χ3n) is 5.04. The van der Waals surface area contributed by atoms with Crippen molar-refractivity contribution in [2.75, 3.05) is 0 Å². The maximum atomic E-state index is 13.1. The Kier molecular flexibility index (Phi) is 4.65. The number of imidazole rings is 1. The molecular formula is C22H22FN2O+. The number of rotatable bonds is 4. The van der Waals surface area contributed by atoms with Crippen molar-refractivity contribution < 1.29 is 13.8 Å². The van der Waals surface area contributed by atoms with Crippen LogP contribution in [0.4, 0.5) is 4.39 Å². The number of benzene rings is 2. The van der Waals surface area contributed by atoms with E-state index in [2.05, 4.69) is 27.5 Å². The van der Waals surface area contributed by atoms with Crippen molar-refractivity contribution in [3.8, 4) is 11.3 Å². The van der Waals surface area contributed by atoms with Crippen LogP contribution in [0, 0.1) is 5.82 Å². The number of nitrogens with zero attached hydrogens (tertiary/aromatic N) is 2. The molecule has 0 bridgehead atoms. The molecule has 2 heterocycles. The topological polar surface area (TPSA) is 25.9 Å². The number of Topliss-reactive ketones (excluding diaryl/α,β-unsaturated/α-hetero) is 1. The number of aromatic nitrogens is 2. The zero-order valence-corrected chi connectivity index (χ0v) is 14.7. The maximum absolute atomic E-state index is 13.1. The summed E-state index contributed by atoms with van der Waals surface area (Å²) in [5.74, 6) is 0.891. The summed E-state index contributed by atoms with van der Waals surface area (Å²) in [5.41, 5.74) is 2.88. The first-order valence-electron chi connectivity index (χ1n) is 9.18. The van der Waals surface area contributed by atoms with E-state index in [9.17, 15) is 9.18 Å². The fourth-order valence-electron chi connectivity index (χ4n) is 3.70. The second kappa shape index (κ2) is 7.24. The van der Waals surface area contributed by atoms with E-state index in [0.717, 1.165) is 31.5 Å². The molecule has 1 aliphatic heterocycles. The van der Waals surface area contributed by atoms with Crippen LogP contribution in [-0.2, 0) is 19.5 Å². The zero-order chi connectivity index (χ0) is 17.9. The van der Waals surface area contributed by atoms with E-state index < -0.39 is 0 Å². The molecule has 132 valence electrons. The molecule has 0 spiro atoms. The summed E-state index contributed by atoms with van der Waals surface area (Å²) in [4.78, 5) is 12.7. The number of carbonyl (C=O) groups excluding carboxylic acids is 1. The SMILES string of the molecule is O=C(C[n+]1cc(-c2ccccc2)n2c1CCCCC2)c1ccc(F)cc1. The van der Waals surface area contributed by atoms with E-state index in [0.29, 0.717) is 5.56 Å². The van der Waals surface area contributed by atoms with Crippen molar-refractivity contribution >= 4 is 5.78 Å².